The molecule has 0 rings (SSSR count). The third-order valence-electron chi connectivity index (χ3n) is 1.05. The fourth-order valence-electron chi connectivity index (χ4n) is 0.420. The topological polar surface area (TPSA) is 73.1 Å². The summed E-state index contributed by atoms with van der Waals surface area (Å²) in [5.41, 5.74) is 0.889. The molecule has 0 aliphatic carbocycles. The van der Waals surface area contributed by atoms with E-state index in [2.05, 4.69) is 11.7 Å². The number of rotatable bonds is 3. The number of allylic oxidation sites excluding steroid dienone is 6. The van der Waals surface area contributed by atoms with Crippen molar-refractivity contribution in [2.75, 3.05) is 0 Å². The minimum absolute atomic E-state index is 0.0648. The van der Waals surface area contributed by atoms with Crippen LogP contribution in [0.15, 0.2) is 53.6 Å². The molecule has 0 heterocycles. The zero-order valence-corrected chi connectivity index (χ0v) is 11.0. The second-order valence-electron chi connectivity index (χ2n) is 2.55. The van der Waals surface area contributed by atoms with Crippen LogP contribution in [0.5, 0.6) is 0 Å². The van der Waals surface area contributed by atoms with Gasteiger partial charge in [0, 0.05) is 0 Å². The SMILES string of the molecule is C=C\C=C/C=C(C)/C=N/O.CC.CC(O)=CO. The Morgan fingerprint density at radius 3 is 1.94 bits per heavy atom. The van der Waals surface area contributed by atoms with E-state index in [1.54, 1.807) is 12.2 Å². The largest absolute Gasteiger partial charge is 0.512 e. The molecule has 0 amide bonds. The summed E-state index contributed by atoms with van der Waals surface area (Å²) in [6, 6.07) is 0. The van der Waals surface area contributed by atoms with Gasteiger partial charge in [0.05, 0.1) is 6.21 Å². The quantitative estimate of drug-likeness (QED) is 0.229. The number of oxime groups is 1. The van der Waals surface area contributed by atoms with Crippen LogP contribution < -0.4 is 0 Å². The average Bonchev–Trinajstić information content (AvgIpc) is 2.33. The molecule has 0 unspecified atom stereocenters. The maximum absolute atomic E-state index is 8.08. The van der Waals surface area contributed by atoms with Gasteiger partial charge in [0.1, 0.15) is 12.0 Å². The van der Waals surface area contributed by atoms with Crippen LogP contribution in [0.2, 0.25) is 0 Å². The molecule has 0 saturated carbocycles. The molecule has 4 nitrogen and oxygen atoms in total. The molecular weight excluding hydrogens is 218 g/mol. The predicted molar refractivity (Wildman–Crippen MR) is 73.7 cm³/mol. The lowest BCUT2D eigenvalue weighted by atomic mass is 10.3. The molecule has 0 aliphatic heterocycles. The summed E-state index contributed by atoms with van der Waals surface area (Å²) in [5, 5.41) is 26.6. The molecule has 0 aromatic heterocycles. The molecule has 0 aliphatic rings. The fourth-order valence-corrected chi connectivity index (χ4v) is 0.420. The summed E-state index contributed by atoms with van der Waals surface area (Å²) in [6.45, 7) is 10.7. The van der Waals surface area contributed by atoms with E-state index in [1.165, 1.54) is 13.1 Å². The minimum atomic E-state index is -0.0648. The van der Waals surface area contributed by atoms with Crippen molar-refractivity contribution in [3.63, 3.8) is 0 Å². The van der Waals surface area contributed by atoms with E-state index in [0.717, 1.165) is 5.57 Å². The number of aliphatic hydroxyl groups excluding tert-OH is 2. The second kappa shape index (κ2) is 19.6. The highest BCUT2D eigenvalue weighted by atomic mass is 16.4. The smallest absolute Gasteiger partial charge is 0.123 e. The molecule has 0 saturated heterocycles. The fraction of sp³-hybridized carbons (Fsp3) is 0.308. The van der Waals surface area contributed by atoms with E-state index < -0.39 is 0 Å². The van der Waals surface area contributed by atoms with E-state index in [0.29, 0.717) is 6.26 Å². The molecule has 17 heavy (non-hydrogen) atoms. The van der Waals surface area contributed by atoms with Gasteiger partial charge in [0.15, 0.2) is 0 Å². The van der Waals surface area contributed by atoms with Crippen molar-refractivity contribution in [1.29, 1.82) is 0 Å². The lowest BCUT2D eigenvalue weighted by molar-refractivity contribution is 0.321. The second-order valence-corrected chi connectivity index (χ2v) is 2.55. The first-order valence-electron chi connectivity index (χ1n) is 5.21. The summed E-state index contributed by atoms with van der Waals surface area (Å²) < 4.78 is 0. The van der Waals surface area contributed by atoms with Gasteiger partial charge in [-0.2, -0.15) is 0 Å². The molecule has 4 heteroatoms. The van der Waals surface area contributed by atoms with Gasteiger partial charge in [-0.3, -0.25) is 0 Å². The normalized spacial score (nSPS) is 11.5. The molecule has 98 valence electrons. The summed E-state index contributed by atoms with van der Waals surface area (Å²) >= 11 is 0. The monoisotopic (exact) mass is 241 g/mol. The number of hydrogen-bond donors (Lipinski definition) is 3. The first-order valence-corrected chi connectivity index (χ1v) is 5.21. The Balaban J connectivity index is -0.000000236. The third-order valence-corrected chi connectivity index (χ3v) is 1.05. The lowest BCUT2D eigenvalue weighted by Crippen LogP contribution is -1.74. The molecule has 0 fully saturated rings. The van der Waals surface area contributed by atoms with Gasteiger partial charge in [-0.1, -0.05) is 49.9 Å². The third kappa shape index (κ3) is 31.5. The Labute approximate surface area is 104 Å². The highest BCUT2D eigenvalue weighted by molar-refractivity contribution is 5.77. The highest BCUT2D eigenvalue weighted by Crippen LogP contribution is 1.87. The van der Waals surface area contributed by atoms with Crippen LogP contribution in [0.1, 0.15) is 27.7 Å². The van der Waals surface area contributed by atoms with E-state index in [4.69, 9.17) is 15.4 Å². The number of nitrogens with zero attached hydrogens (tertiary/aromatic N) is 1. The zero-order chi connectivity index (χ0) is 14.1. The van der Waals surface area contributed by atoms with Gasteiger partial charge in [-0.05, 0) is 19.4 Å². The van der Waals surface area contributed by atoms with E-state index in [9.17, 15) is 0 Å². The number of aliphatic hydroxyl groups is 2. The highest BCUT2D eigenvalue weighted by Gasteiger charge is 1.75. The summed E-state index contributed by atoms with van der Waals surface area (Å²) in [4.78, 5) is 0. The summed E-state index contributed by atoms with van der Waals surface area (Å²) in [6.07, 6.45) is 9.13. The molecule has 0 bridgehead atoms. The minimum Gasteiger partial charge on any atom is -0.512 e. The molecule has 3 N–H and O–H groups in total. The van der Waals surface area contributed by atoms with Crippen LogP contribution in [0.3, 0.4) is 0 Å². The van der Waals surface area contributed by atoms with Gasteiger partial charge in [-0.25, -0.2) is 0 Å². The standard InChI is InChI=1S/C8H11NO.C3H6O2.C2H6/c1-3-4-5-6-8(2)7-9-10;1-3(5)2-4;1-2/h3-7,10H,1H2,2H3;2,4-5H,1H3;1-2H3/b5-4-,8-6+,9-7+;;. The van der Waals surface area contributed by atoms with Crippen molar-refractivity contribution >= 4 is 6.21 Å². The van der Waals surface area contributed by atoms with Crippen molar-refractivity contribution in [2.45, 2.75) is 27.7 Å². The Morgan fingerprint density at radius 1 is 1.18 bits per heavy atom. The molecule has 0 spiro atoms. The van der Waals surface area contributed by atoms with E-state index in [1.807, 2.05) is 32.9 Å². The first-order chi connectivity index (χ1) is 8.08. The van der Waals surface area contributed by atoms with Crippen molar-refractivity contribution in [2.24, 2.45) is 5.16 Å². The summed E-state index contributed by atoms with van der Waals surface area (Å²) in [5.74, 6) is -0.0648. The Kier molecular flexibility index (Phi) is 23.5. The molecule has 0 atom stereocenters. The van der Waals surface area contributed by atoms with Gasteiger partial charge >= 0.3 is 0 Å². The Bertz CT molecular complexity index is 272. The molecule has 0 radical (unpaired) electrons. The van der Waals surface area contributed by atoms with E-state index in [-0.39, 0.29) is 5.76 Å². The van der Waals surface area contributed by atoms with Crippen molar-refractivity contribution in [3.05, 3.63) is 48.5 Å². The van der Waals surface area contributed by atoms with Crippen LogP contribution in [0, 0.1) is 0 Å². The summed E-state index contributed by atoms with van der Waals surface area (Å²) in [7, 11) is 0. The predicted octanol–water partition coefficient (Wildman–Crippen LogP) is 4.12. The van der Waals surface area contributed by atoms with Crippen LogP contribution in [-0.2, 0) is 0 Å². The lowest BCUT2D eigenvalue weighted by Gasteiger charge is -1.82. The van der Waals surface area contributed by atoms with Crippen LogP contribution in [-0.4, -0.2) is 21.6 Å². The van der Waals surface area contributed by atoms with Crippen LogP contribution in [0.25, 0.3) is 0 Å². The van der Waals surface area contributed by atoms with Gasteiger partial charge in [0.25, 0.3) is 0 Å². The average molecular weight is 241 g/mol. The molecular formula is C13H23NO3. The maximum Gasteiger partial charge on any atom is 0.123 e. The Morgan fingerprint density at radius 2 is 1.65 bits per heavy atom. The molecule has 0 aromatic rings. The van der Waals surface area contributed by atoms with Gasteiger partial charge < -0.3 is 15.4 Å². The van der Waals surface area contributed by atoms with Crippen molar-refractivity contribution < 1.29 is 15.4 Å². The van der Waals surface area contributed by atoms with Crippen molar-refractivity contribution in [3.8, 4) is 0 Å². The van der Waals surface area contributed by atoms with Crippen LogP contribution >= 0.6 is 0 Å². The maximum atomic E-state index is 8.08. The van der Waals surface area contributed by atoms with Crippen LogP contribution in [0.4, 0.5) is 0 Å². The first kappa shape index (κ1) is 20.4. The Hall–Kier alpha value is -1.97. The van der Waals surface area contributed by atoms with Gasteiger partial charge in [0.2, 0.25) is 0 Å². The zero-order valence-electron chi connectivity index (χ0n) is 11.0. The van der Waals surface area contributed by atoms with Crippen molar-refractivity contribution in [1.82, 2.24) is 0 Å². The number of hydrogen-bond acceptors (Lipinski definition) is 4. The van der Waals surface area contributed by atoms with E-state index >= 15 is 0 Å². The molecule has 0 aromatic carbocycles. The van der Waals surface area contributed by atoms with Gasteiger partial charge in [-0.15, -0.1) is 0 Å².